The summed E-state index contributed by atoms with van der Waals surface area (Å²) in [6.07, 6.45) is 0. The lowest BCUT2D eigenvalue weighted by atomic mass is 10.7. The summed E-state index contributed by atoms with van der Waals surface area (Å²) in [6, 6.07) is 0. The number of carbonyl (C=O) groups is 1. The molecule has 11 heavy (non-hydrogen) atoms. The number of amides is 1. The first-order chi connectivity index (χ1) is 5.06. The van der Waals surface area contributed by atoms with E-state index < -0.39 is 0 Å². The SMILES string of the molecule is CC(=O)N(C)C.CCO.CO. The number of aliphatic hydroxyl groups excluding tert-OH is 2. The van der Waals surface area contributed by atoms with E-state index in [1.54, 1.807) is 21.0 Å². The van der Waals surface area contributed by atoms with E-state index >= 15 is 0 Å². The second kappa shape index (κ2) is 16.2. The molecule has 2 N–H and O–H groups in total. The van der Waals surface area contributed by atoms with Gasteiger partial charge < -0.3 is 15.1 Å². The minimum absolute atomic E-state index is 0.0926. The molecule has 0 aliphatic rings. The fourth-order valence-corrected chi connectivity index (χ4v) is 0. The Morgan fingerprint density at radius 3 is 1.45 bits per heavy atom. The van der Waals surface area contributed by atoms with Crippen molar-refractivity contribution >= 4 is 5.91 Å². The van der Waals surface area contributed by atoms with Crippen LogP contribution in [0.5, 0.6) is 0 Å². The fourth-order valence-electron chi connectivity index (χ4n) is 0. The molecular weight excluding hydrogens is 146 g/mol. The van der Waals surface area contributed by atoms with Crippen LogP contribution in [0.25, 0.3) is 0 Å². The largest absolute Gasteiger partial charge is 0.400 e. The first-order valence-corrected chi connectivity index (χ1v) is 3.29. The van der Waals surface area contributed by atoms with Crippen LogP contribution < -0.4 is 0 Å². The maximum Gasteiger partial charge on any atom is 0.218 e. The van der Waals surface area contributed by atoms with Crippen molar-refractivity contribution in [3.05, 3.63) is 0 Å². The summed E-state index contributed by atoms with van der Waals surface area (Å²) >= 11 is 0. The predicted octanol–water partition coefficient (Wildman–Crippen LogP) is -0.298. The van der Waals surface area contributed by atoms with Gasteiger partial charge >= 0.3 is 0 Å². The van der Waals surface area contributed by atoms with Gasteiger partial charge in [-0.1, -0.05) is 0 Å². The molecule has 0 aliphatic heterocycles. The average Bonchev–Trinajstić information content (AvgIpc) is 1.93. The molecule has 0 unspecified atom stereocenters. The van der Waals surface area contributed by atoms with Gasteiger partial charge in [-0.3, -0.25) is 4.79 Å². The number of hydrogen-bond acceptors (Lipinski definition) is 3. The molecule has 0 heterocycles. The molecule has 0 bridgehead atoms. The molecule has 0 aromatic heterocycles. The monoisotopic (exact) mass is 165 g/mol. The number of hydrogen-bond donors (Lipinski definition) is 2. The number of carbonyl (C=O) groups excluding carboxylic acids is 1. The molecule has 0 aromatic rings. The van der Waals surface area contributed by atoms with Crippen molar-refractivity contribution in [1.29, 1.82) is 0 Å². The van der Waals surface area contributed by atoms with Gasteiger partial charge in [-0.25, -0.2) is 0 Å². The van der Waals surface area contributed by atoms with Crippen molar-refractivity contribution in [2.24, 2.45) is 0 Å². The van der Waals surface area contributed by atoms with Crippen molar-refractivity contribution in [2.45, 2.75) is 13.8 Å². The Kier molecular flexibility index (Phi) is 24.7. The summed E-state index contributed by atoms with van der Waals surface area (Å²) in [5.74, 6) is 0.0926. The fraction of sp³-hybridized carbons (Fsp3) is 0.857. The maximum absolute atomic E-state index is 10.1. The zero-order valence-corrected chi connectivity index (χ0v) is 7.96. The van der Waals surface area contributed by atoms with Gasteiger partial charge in [0.05, 0.1) is 0 Å². The van der Waals surface area contributed by atoms with E-state index in [9.17, 15) is 4.79 Å². The van der Waals surface area contributed by atoms with Crippen LogP contribution in [0.4, 0.5) is 0 Å². The van der Waals surface area contributed by atoms with Crippen LogP contribution in [-0.4, -0.2) is 48.8 Å². The van der Waals surface area contributed by atoms with Gasteiger partial charge in [0.25, 0.3) is 0 Å². The normalized spacial score (nSPS) is 6.45. The van der Waals surface area contributed by atoms with Crippen LogP contribution in [0.2, 0.25) is 0 Å². The molecule has 0 fully saturated rings. The third-order valence-electron chi connectivity index (χ3n) is 0.630. The Labute approximate surface area is 68.5 Å². The summed E-state index contributed by atoms with van der Waals surface area (Å²) < 4.78 is 0. The highest BCUT2D eigenvalue weighted by atomic mass is 16.2. The van der Waals surface area contributed by atoms with Crippen molar-refractivity contribution in [3.8, 4) is 0 Å². The molecule has 0 saturated heterocycles. The highest BCUT2D eigenvalue weighted by molar-refractivity contribution is 5.72. The Hall–Kier alpha value is -0.610. The number of nitrogens with zero attached hydrogens (tertiary/aromatic N) is 1. The van der Waals surface area contributed by atoms with E-state index in [2.05, 4.69) is 0 Å². The standard InChI is InChI=1S/C4H9NO.C2H6O.CH4O/c1-4(6)5(2)3;1-2-3;1-2/h1-3H3;3H,2H2,1H3;2H,1H3. The van der Waals surface area contributed by atoms with Crippen LogP contribution in [0.3, 0.4) is 0 Å². The first-order valence-electron chi connectivity index (χ1n) is 3.29. The molecule has 4 nitrogen and oxygen atoms in total. The van der Waals surface area contributed by atoms with Gasteiger partial charge in [0, 0.05) is 34.7 Å². The summed E-state index contributed by atoms with van der Waals surface area (Å²) in [4.78, 5) is 11.6. The van der Waals surface area contributed by atoms with Crippen molar-refractivity contribution in [3.63, 3.8) is 0 Å². The van der Waals surface area contributed by atoms with E-state index in [1.807, 2.05) is 0 Å². The van der Waals surface area contributed by atoms with Crippen LogP contribution in [0.15, 0.2) is 0 Å². The van der Waals surface area contributed by atoms with E-state index in [-0.39, 0.29) is 12.5 Å². The average molecular weight is 165 g/mol. The lowest BCUT2D eigenvalue weighted by molar-refractivity contribution is -0.126. The second-order valence-electron chi connectivity index (χ2n) is 1.73. The van der Waals surface area contributed by atoms with E-state index in [4.69, 9.17) is 10.2 Å². The minimum atomic E-state index is 0.0926. The van der Waals surface area contributed by atoms with Crippen LogP contribution in [0, 0.1) is 0 Å². The zero-order chi connectivity index (χ0) is 9.86. The molecule has 0 radical (unpaired) electrons. The van der Waals surface area contributed by atoms with E-state index in [0.29, 0.717) is 0 Å². The zero-order valence-electron chi connectivity index (χ0n) is 7.96. The highest BCUT2D eigenvalue weighted by Gasteiger charge is 1.87. The van der Waals surface area contributed by atoms with Gasteiger partial charge in [0.15, 0.2) is 0 Å². The lowest BCUT2D eigenvalue weighted by Gasteiger charge is -2.02. The van der Waals surface area contributed by atoms with Gasteiger partial charge in [0.2, 0.25) is 5.91 Å². The molecule has 0 saturated carbocycles. The van der Waals surface area contributed by atoms with Gasteiger partial charge in [-0.05, 0) is 6.92 Å². The molecule has 0 spiro atoms. The third-order valence-corrected chi connectivity index (χ3v) is 0.630. The maximum atomic E-state index is 10.1. The Bertz CT molecular complexity index is 74.1. The van der Waals surface area contributed by atoms with E-state index in [1.165, 1.54) is 11.8 Å². The third kappa shape index (κ3) is 44.6. The van der Waals surface area contributed by atoms with Crippen LogP contribution >= 0.6 is 0 Å². The van der Waals surface area contributed by atoms with Crippen molar-refractivity contribution in [2.75, 3.05) is 27.8 Å². The first kappa shape index (κ1) is 16.8. The molecule has 70 valence electrons. The van der Waals surface area contributed by atoms with E-state index in [0.717, 1.165) is 7.11 Å². The van der Waals surface area contributed by atoms with Gasteiger partial charge in [0.1, 0.15) is 0 Å². The molecular formula is C7H19NO3. The highest BCUT2D eigenvalue weighted by Crippen LogP contribution is 1.69. The molecule has 0 rings (SSSR count). The van der Waals surface area contributed by atoms with Crippen LogP contribution in [0.1, 0.15) is 13.8 Å². The van der Waals surface area contributed by atoms with Gasteiger partial charge in [-0.2, -0.15) is 0 Å². The molecule has 0 aliphatic carbocycles. The van der Waals surface area contributed by atoms with Crippen molar-refractivity contribution < 1.29 is 15.0 Å². The summed E-state index contributed by atoms with van der Waals surface area (Å²) in [6.45, 7) is 3.46. The molecule has 0 atom stereocenters. The quantitative estimate of drug-likeness (QED) is 0.518. The lowest BCUT2D eigenvalue weighted by Crippen LogP contribution is -2.17. The molecule has 4 heteroatoms. The topological polar surface area (TPSA) is 60.8 Å². The minimum Gasteiger partial charge on any atom is -0.400 e. The number of aliphatic hydroxyl groups is 2. The number of rotatable bonds is 0. The summed E-state index contributed by atoms with van der Waals surface area (Å²) in [5, 5.41) is 14.6. The second-order valence-corrected chi connectivity index (χ2v) is 1.73. The van der Waals surface area contributed by atoms with Crippen molar-refractivity contribution in [1.82, 2.24) is 4.90 Å². The predicted molar refractivity (Wildman–Crippen MR) is 45.3 cm³/mol. The summed E-state index contributed by atoms with van der Waals surface area (Å²) in [7, 11) is 4.45. The Morgan fingerprint density at radius 2 is 1.45 bits per heavy atom. The Balaban J connectivity index is -0.000000109. The Morgan fingerprint density at radius 1 is 1.36 bits per heavy atom. The smallest absolute Gasteiger partial charge is 0.218 e. The molecule has 1 amide bonds. The summed E-state index contributed by atoms with van der Waals surface area (Å²) in [5.41, 5.74) is 0. The van der Waals surface area contributed by atoms with Gasteiger partial charge in [-0.15, -0.1) is 0 Å². The molecule has 0 aromatic carbocycles. The van der Waals surface area contributed by atoms with Crippen LogP contribution in [-0.2, 0) is 4.79 Å².